The van der Waals surface area contributed by atoms with Crippen molar-refractivity contribution in [1.82, 2.24) is 10.3 Å². The highest BCUT2D eigenvalue weighted by Crippen LogP contribution is 2.12. The van der Waals surface area contributed by atoms with Crippen LogP contribution in [-0.2, 0) is 11.3 Å². The molecule has 2 amide bonds. The summed E-state index contributed by atoms with van der Waals surface area (Å²) in [5.41, 5.74) is 7.60. The molecule has 0 fully saturated rings. The first kappa shape index (κ1) is 23.9. The van der Waals surface area contributed by atoms with Crippen LogP contribution in [0.5, 0.6) is 0 Å². The van der Waals surface area contributed by atoms with Crippen molar-refractivity contribution in [2.24, 2.45) is 11.7 Å². The van der Waals surface area contributed by atoms with E-state index in [-0.39, 0.29) is 42.5 Å². The number of hydrogen-bond acceptors (Lipinski definition) is 4. The Balaban J connectivity index is 0.00000312. The summed E-state index contributed by atoms with van der Waals surface area (Å²) in [4.78, 5) is 28.4. The first-order valence-electron chi connectivity index (χ1n) is 7.82. The fourth-order valence-corrected chi connectivity index (χ4v) is 2.04. The fourth-order valence-electron chi connectivity index (χ4n) is 2.04. The number of hydrogen-bond donors (Lipinski definition) is 3. The van der Waals surface area contributed by atoms with Gasteiger partial charge in [-0.1, -0.05) is 26.0 Å². The largest absolute Gasteiger partial charge is 0.346 e. The normalized spacial score (nSPS) is 10.9. The Morgan fingerprint density at radius 1 is 1.12 bits per heavy atom. The van der Waals surface area contributed by atoms with Crippen LogP contribution in [0.1, 0.15) is 29.9 Å². The topological polar surface area (TPSA) is 97.1 Å². The van der Waals surface area contributed by atoms with Gasteiger partial charge in [0.15, 0.2) is 0 Å². The van der Waals surface area contributed by atoms with E-state index in [1.54, 1.807) is 30.5 Å². The standard InChI is InChI=1S/C18H22N4O2.2ClH/c1-12(2)16(19)18(24)22-14-8-5-6-13(10-14)17(23)21-11-15-7-3-4-9-20-15;;/h3-10,12,16H,11,19H2,1-2H3,(H,21,23)(H,22,24);2*1H/t16-;;/m0../s1. The van der Waals surface area contributed by atoms with E-state index in [0.29, 0.717) is 17.8 Å². The summed E-state index contributed by atoms with van der Waals surface area (Å²) in [6.07, 6.45) is 1.68. The molecule has 0 aliphatic heterocycles. The molecule has 142 valence electrons. The van der Waals surface area contributed by atoms with E-state index in [1.807, 2.05) is 32.0 Å². The zero-order valence-electron chi connectivity index (χ0n) is 14.6. The lowest BCUT2D eigenvalue weighted by atomic mass is 10.0. The van der Waals surface area contributed by atoms with Gasteiger partial charge in [-0.2, -0.15) is 0 Å². The third kappa shape index (κ3) is 7.00. The summed E-state index contributed by atoms with van der Waals surface area (Å²) in [7, 11) is 0. The molecular weight excluding hydrogens is 375 g/mol. The number of halogens is 2. The highest BCUT2D eigenvalue weighted by molar-refractivity contribution is 5.98. The Kier molecular flexibility index (Phi) is 10.5. The number of anilines is 1. The van der Waals surface area contributed by atoms with Crippen LogP contribution >= 0.6 is 24.8 Å². The fraction of sp³-hybridized carbons (Fsp3) is 0.278. The maximum atomic E-state index is 12.2. The average molecular weight is 399 g/mol. The van der Waals surface area contributed by atoms with Gasteiger partial charge in [-0.05, 0) is 36.2 Å². The van der Waals surface area contributed by atoms with Crippen molar-refractivity contribution in [1.29, 1.82) is 0 Å². The molecule has 1 aromatic heterocycles. The molecule has 1 heterocycles. The van der Waals surface area contributed by atoms with Gasteiger partial charge >= 0.3 is 0 Å². The van der Waals surface area contributed by atoms with Crippen LogP contribution in [0.2, 0.25) is 0 Å². The second-order valence-electron chi connectivity index (χ2n) is 5.84. The molecule has 0 spiro atoms. The van der Waals surface area contributed by atoms with Crippen LogP contribution in [0.15, 0.2) is 48.7 Å². The van der Waals surface area contributed by atoms with Crippen molar-refractivity contribution in [3.63, 3.8) is 0 Å². The van der Waals surface area contributed by atoms with Crippen molar-refractivity contribution in [3.05, 3.63) is 59.9 Å². The summed E-state index contributed by atoms with van der Waals surface area (Å²) in [5.74, 6) is -0.462. The number of benzene rings is 1. The molecule has 0 aliphatic carbocycles. The number of amides is 2. The molecule has 8 heteroatoms. The first-order chi connectivity index (χ1) is 11.5. The number of carbonyl (C=O) groups excluding carboxylic acids is 2. The Hall–Kier alpha value is -2.15. The Morgan fingerprint density at radius 2 is 1.85 bits per heavy atom. The quantitative estimate of drug-likeness (QED) is 0.696. The number of carbonyl (C=O) groups is 2. The van der Waals surface area contributed by atoms with Gasteiger partial charge in [0.05, 0.1) is 18.3 Å². The lowest BCUT2D eigenvalue weighted by molar-refractivity contribution is -0.118. The third-order valence-corrected chi connectivity index (χ3v) is 3.57. The molecule has 6 nitrogen and oxygen atoms in total. The molecule has 26 heavy (non-hydrogen) atoms. The smallest absolute Gasteiger partial charge is 0.251 e. The van der Waals surface area contributed by atoms with Crippen molar-refractivity contribution >= 4 is 42.3 Å². The zero-order chi connectivity index (χ0) is 17.5. The minimum atomic E-state index is -0.591. The maximum Gasteiger partial charge on any atom is 0.251 e. The molecule has 0 radical (unpaired) electrons. The molecule has 0 aliphatic rings. The van der Waals surface area contributed by atoms with E-state index in [0.717, 1.165) is 5.69 Å². The van der Waals surface area contributed by atoms with E-state index >= 15 is 0 Å². The summed E-state index contributed by atoms with van der Waals surface area (Å²) in [5, 5.41) is 5.53. The van der Waals surface area contributed by atoms with Crippen molar-refractivity contribution < 1.29 is 9.59 Å². The molecule has 2 aromatic rings. The van der Waals surface area contributed by atoms with Gasteiger partial charge in [0, 0.05) is 17.4 Å². The number of aromatic nitrogens is 1. The van der Waals surface area contributed by atoms with Crippen LogP contribution in [0.3, 0.4) is 0 Å². The lowest BCUT2D eigenvalue weighted by Gasteiger charge is -2.15. The molecule has 1 atom stereocenters. The minimum absolute atomic E-state index is 0. The third-order valence-electron chi connectivity index (χ3n) is 3.57. The summed E-state index contributed by atoms with van der Waals surface area (Å²) in [6, 6.07) is 11.7. The Labute approximate surface area is 165 Å². The summed E-state index contributed by atoms with van der Waals surface area (Å²) >= 11 is 0. The predicted octanol–water partition coefficient (Wildman–Crippen LogP) is 2.78. The van der Waals surface area contributed by atoms with E-state index in [4.69, 9.17) is 5.73 Å². The molecule has 2 rings (SSSR count). The summed E-state index contributed by atoms with van der Waals surface area (Å²) in [6.45, 7) is 4.10. The van der Waals surface area contributed by atoms with Crippen LogP contribution in [-0.4, -0.2) is 22.8 Å². The molecule has 0 bridgehead atoms. The molecule has 4 N–H and O–H groups in total. The van der Waals surface area contributed by atoms with Gasteiger partial charge < -0.3 is 16.4 Å². The van der Waals surface area contributed by atoms with E-state index in [1.165, 1.54) is 0 Å². The number of rotatable bonds is 6. The molecule has 0 unspecified atom stereocenters. The Morgan fingerprint density at radius 3 is 2.46 bits per heavy atom. The van der Waals surface area contributed by atoms with Gasteiger partial charge in [-0.15, -0.1) is 24.8 Å². The van der Waals surface area contributed by atoms with Crippen LogP contribution in [0, 0.1) is 5.92 Å². The monoisotopic (exact) mass is 398 g/mol. The SMILES string of the molecule is CC(C)[C@H](N)C(=O)Nc1cccc(C(=O)NCc2ccccn2)c1.Cl.Cl. The van der Waals surface area contributed by atoms with Gasteiger partial charge in [0.1, 0.15) is 0 Å². The van der Waals surface area contributed by atoms with E-state index < -0.39 is 6.04 Å². The van der Waals surface area contributed by atoms with E-state index in [9.17, 15) is 9.59 Å². The predicted molar refractivity (Wildman–Crippen MR) is 108 cm³/mol. The van der Waals surface area contributed by atoms with Gasteiger partial charge in [-0.25, -0.2) is 0 Å². The van der Waals surface area contributed by atoms with Gasteiger partial charge in [0.25, 0.3) is 5.91 Å². The molecule has 0 saturated carbocycles. The highest BCUT2D eigenvalue weighted by Gasteiger charge is 2.17. The van der Waals surface area contributed by atoms with Gasteiger partial charge in [-0.3, -0.25) is 14.6 Å². The number of nitrogens with two attached hydrogens (primary N) is 1. The summed E-state index contributed by atoms with van der Waals surface area (Å²) < 4.78 is 0. The average Bonchev–Trinajstić information content (AvgIpc) is 2.60. The first-order valence-corrected chi connectivity index (χ1v) is 7.82. The van der Waals surface area contributed by atoms with Crippen molar-refractivity contribution in [3.8, 4) is 0 Å². The van der Waals surface area contributed by atoms with Crippen LogP contribution in [0.25, 0.3) is 0 Å². The molecular formula is C18H24Cl2N4O2. The second kappa shape index (κ2) is 11.5. The molecule has 1 aromatic carbocycles. The molecule has 0 saturated heterocycles. The van der Waals surface area contributed by atoms with Crippen LogP contribution < -0.4 is 16.4 Å². The van der Waals surface area contributed by atoms with Crippen LogP contribution in [0.4, 0.5) is 5.69 Å². The van der Waals surface area contributed by atoms with Gasteiger partial charge in [0.2, 0.25) is 5.91 Å². The zero-order valence-corrected chi connectivity index (χ0v) is 16.3. The second-order valence-corrected chi connectivity index (χ2v) is 5.84. The Bertz CT molecular complexity index is 711. The maximum absolute atomic E-state index is 12.2. The number of nitrogens with one attached hydrogen (secondary N) is 2. The van der Waals surface area contributed by atoms with E-state index in [2.05, 4.69) is 15.6 Å². The number of pyridine rings is 1. The van der Waals surface area contributed by atoms with Crippen molar-refractivity contribution in [2.45, 2.75) is 26.4 Å². The number of nitrogens with zero attached hydrogens (tertiary/aromatic N) is 1. The lowest BCUT2D eigenvalue weighted by Crippen LogP contribution is -2.39. The highest BCUT2D eigenvalue weighted by atomic mass is 35.5. The minimum Gasteiger partial charge on any atom is -0.346 e. The van der Waals surface area contributed by atoms with Crippen molar-refractivity contribution in [2.75, 3.05) is 5.32 Å².